The predicted octanol–water partition coefficient (Wildman–Crippen LogP) is 2.10. The zero-order valence-electron chi connectivity index (χ0n) is 12.9. The lowest BCUT2D eigenvalue weighted by Crippen LogP contribution is -2.46. The molecule has 116 valence electrons. The SMILES string of the molecule is CC(C)(C)OC(=O)N1CC(O)CC1NCc1ccccc1. The molecule has 0 spiro atoms. The van der Waals surface area contributed by atoms with Gasteiger partial charge in [-0.3, -0.25) is 10.2 Å². The first kappa shape index (κ1) is 15.8. The molecule has 1 saturated heterocycles. The van der Waals surface area contributed by atoms with Gasteiger partial charge in [0.25, 0.3) is 0 Å². The minimum Gasteiger partial charge on any atom is -0.444 e. The van der Waals surface area contributed by atoms with Crippen LogP contribution in [0.2, 0.25) is 0 Å². The van der Waals surface area contributed by atoms with Crippen LogP contribution in [0, 0.1) is 0 Å². The maximum atomic E-state index is 12.2. The van der Waals surface area contributed by atoms with Gasteiger partial charge in [0.15, 0.2) is 0 Å². The van der Waals surface area contributed by atoms with Gasteiger partial charge in [0, 0.05) is 13.0 Å². The molecule has 1 amide bonds. The second-order valence-electron chi connectivity index (χ2n) is 6.40. The van der Waals surface area contributed by atoms with Crippen molar-refractivity contribution in [3.8, 4) is 0 Å². The Labute approximate surface area is 125 Å². The van der Waals surface area contributed by atoms with Gasteiger partial charge < -0.3 is 9.84 Å². The summed E-state index contributed by atoms with van der Waals surface area (Å²) in [6.07, 6.45) is -0.572. The Hall–Kier alpha value is -1.59. The van der Waals surface area contributed by atoms with Crippen molar-refractivity contribution in [3.05, 3.63) is 35.9 Å². The molecule has 0 radical (unpaired) electrons. The van der Waals surface area contributed by atoms with Gasteiger partial charge in [-0.25, -0.2) is 4.79 Å². The van der Waals surface area contributed by atoms with E-state index in [4.69, 9.17) is 4.74 Å². The topological polar surface area (TPSA) is 61.8 Å². The van der Waals surface area contributed by atoms with Crippen LogP contribution in [0.4, 0.5) is 4.79 Å². The number of benzene rings is 1. The molecule has 2 rings (SSSR count). The molecule has 21 heavy (non-hydrogen) atoms. The van der Waals surface area contributed by atoms with Crippen LogP contribution < -0.4 is 5.32 Å². The third-order valence-electron chi connectivity index (χ3n) is 3.29. The van der Waals surface area contributed by atoms with Crippen LogP contribution in [0.1, 0.15) is 32.8 Å². The van der Waals surface area contributed by atoms with E-state index in [-0.39, 0.29) is 12.3 Å². The summed E-state index contributed by atoms with van der Waals surface area (Å²) in [7, 11) is 0. The number of ether oxygens (including phenoxy) is 1. The van der Waals surface area contributed by atoms with E-state index in [1.165, 1.54) is 0 Å². The fourth-order valence-corrected chi connectivity index (χ4v) is 2.36. The van der Waals surface area contributed by atoms with Crippen LogP contribution in [0.3, 0.4) is 0 Å². The Morgan fingerprint density at radius 3 is 2.67 bits per heavy atom. The highest BCUT2D eigenvalue weighted by molar-refractivity contribution is 5.69. The standard InChI is InChI=1S/C16H24N2O3/c1-16(2,3)21-15(20)18-11-13(19)9-14(18)17-10-12-7-5-4-6-8-12/h4-8,13-14,17,19H,9-11H2,1-3H3. The molecule has 0 bridgehead atoms. The summed E-state index contributed by atoms with van der Waals surface area (Å²) < 4.78 is 5.39. The third-order valence-corrected chi connectivity index (χ3v) is 3.29. The highest BCUT2D eigenvalue weighted by Crippen LogP contribution is 2.20. The van der Waals surface area contributed by atoms with E-state index < -0.39 is 11.7 Å². The average molecular weight is 292 g/mol. The molecule has 1 aliphatic heterocycles. The summed E-state index contributed by atoms with van der Waals surface area (Å²) >= 11 is 0. The van der Waals surface area contributed by atoms with E-state index in [2.05, 4.69) is 5.32 Å². The molecule has 0 aliphatic carbocycles. The summed E-state index contributed by atoms with van der Waals surface area (Å²) in [6, 6.07) is 9.97. The van der Waals surface area contributed by atoms with Crippen molar-refractivity contribution in [2.24, 2.45) is 0 Å². The number of β-amino-alcohol motifs (C(OH)–C–C–N with tert-alkyl or cyclic N) is 1. The highest BCUT2D eigenvalue weighted by atomic mass is 16.6. The first-order valence-electron chi connectivity index (χ1n) is 7.30. The molecule has 2 N–H and O–H groups in total. The second kappa shape index (κ2) is 6.45. The normalized spacial score (nSPS) is 22.4. The maximum Gasteiger partial charge on any atom is 0.411 e. The minimum atomic E-state index is -0.533. The highest BCUT2D eigenvalue weighted by Gasteiger charge is 2.36. The van der Waals surface area contributed by atoms with Crippen LogP contribution in [-0.2, 0) is 11.3 Å². The van der Waals surface area contributed by atoms with Gasteiger partial charge in [0.1, 0.15) is 5.60 Å². The molecule has 1 aromatic rings. The summed E-state index contributed by atoms with van der Waals surface area (Å²) in [5, 5.41) is 13.1. The number of amides is 1. The molecule has 2 unspecified atom stereocenters. The third kappa shape index (κ3) is 4.72. The first-order chi connectivity index (χ1) is 9.85. The summed E-state index contributed by atoms with van der Waals surface area (Å²) in [5.41, 5.74) is 0.609. The molecule has 1 heterocycles. The van der Waals surface area contributed by atoms with Gasteiger partial charge in [-0.05, 0) is 26.3 Å². The van der Waals surface area contributed by atoms with Crippen LogP contribution in [-0.4, -0.2) is 40.5 Å². The molecule has 1 aromatic carbocycles. The minimum absolute atomic E-state index is 0.199. The Morgan fingerprint density at radius 2 is 2.05 bits per heavy atom. The Balaban J connectivity index is 1.95. The Morgan fingerprint density at radius 1 is 1.38 bits per heavy atom. The first-order valence-corrected chi connectivity index (χ1v) is 7.30. The van der Waals surface area contributed by atoms with Crippen molar-refractivity contribution in [1.29, 1.82) is 0 Å². The number of carbonyl (C=O) groups excluding carboxylic acids is 1. The van der Waals surface area contributed by atoms with Crippen molar-refractivity contribution in [2.45, 2.75) is 51.6 Å². The summed E-state index contributed by atoms with van der Waals surface area (Å²) in [4.78, 5) is 13.7. The molecule has 1 fully saturated rings. The van der Waals surface area contributed by atoms with E-state index in [0.717, 1.165) is 5.56 Å². The molecule has 2 atom stereocenters. The van der Waals surface area contributed by atoms with Crippen LogP contribution in [0.15, 0.2) is 30.3 Å². The number of nitrogens with zero attached hydrogens (tertiary/aromatic N) is 1. The fraction of sp³-hybridized carbons (Fsp3) is 0.562. The molecular formula is C16H24N2O3. The van der Waals surface area contributed by atoms with E-state index in [0.29, 0.717) is 19.5 Å². The van der Waals surface area contributed by atoms with Gasteiger partial charge in [-0.2, -0.15) is 0 Å². The average Bonchev–Trinajstić information content (AvgIpc) is 2.77. The van der Waals surface area contributed by atoms with E-state index in [1.54, 1.807) is 4.90 Å². The number of likely N-dealkylation sites (tertiary alicyclic amines) is 1. The van der Waals surface area contributed by atoms with Crippen LogP contribution in [0.5, 0.6) is 0 Å². The molecule has 5 nitrogen and oxygen atoms in total. The molecular weight excluding hydrogens is 268 g/mol. The number of aliphatic hydroxyl groups excluding tert-OH is 1. The lowest BCUT2D eigenvalue weighted by atomic mass is 10.2. The predicted molar refractivity (Wildman–Crippen MR) is 80.6 cm³/mol. The van der Waals surface area contributed by atoms with Gasteiger partial charge in [-0.15, -0.1) is 0 Å². The van der Waals surface area contributed by atoms with E-state index in [9.17, 15) is 9.90 Å². The molecule has 1 aliphatic rings. The largest absolute Gasteiger partial charge is 0.444 e. The smallest absolute Gasteiger partial charge is 0.411 e. The van der Waals surface area contributed by atoms with Crippen LogP contribution >= 0.6 is 0 Å². The van der Waals surface area contributed by atoms with Gasteiger partial charge in [0.05, 0.1) is 18.8 Å². The van der Waals surface area contributed by atoms with Crippen molar-refractivity contribution in [1.82, 2.24) is 10.2 Å². The van der Waals surface area contributed by atoms with E-state index >= 15 is 0 Å². The van der Waals surface area contributed by atoms with Crippen molar-refractivity contribution >= 4 is 6.09 Å². The monoisotopic (exact) mass is 292 g/mol. The quantitative estimate of drug-likeness (QED) is 0.895. The molecule has 5 heteroatoms. The van der Waals surface area contributed by atoms with Gasteiger partial charge in [0.2, 0.25) is 0 Å². The number of aliphatic hydroxyl groups is 1. The Bertz CT molecular complexity index is 470. The number of carbonyl (C=O) groups is 1. The fourth-order valence-electron chi connectivity index (χ4n) is 2.36. The lowest BCUT2D eigenvalue weighted by Gasteiger charge is -2.28. The van der Waals surface area contributed by atoms with Gasteiger partial charge >= 0.3 is 6.09 Å². The number of rotatable bonds is 3. The second-order valence-corrected chi connectivity index (χ2v) is 6.40. The van der Waals surface area contributed by atoms with Crippen molar-refractivity contribution in [3.63, 3.8) is 0 Å². The van der Waals surface area contributed by atoms with Crippen LogP contribution in [0.25, 0.3) is 0 Å². The number of hydrogen-bond donors (Lipinski definition) is 2. The number of nitrogens with one attached hydrogen (secondary N) is 1. The van der Waals surface area contributed by atoms with Crippen molar-refractivity contribution < 1.29 is 14.6 Å². The van der Waals surface area contributed by atoms with E-state index in [1.807, 2.05) is 51.1 Å². The zero-order chi connectivity index (χ0) is 15.5. The molecule has 0 saturated carbocycles. The lowest BCUT2D eigenvalue weighted by molar-refractivity contribution is 0.0183. The maximum absolute atomic E-state index is 12.2. The van der Waals surface area contributed by atoms with Crippen molar-refractivity contribution in [2.75, 3.05) is 6.54 Å². The summed E-state index contributed by atoms with van der Waals surface area (Å²) in [6.45, 7) is 6.47. The number of hydrogen-bond acceptors (Lipinski definition) is 4. The Kier molecular flexibility index (Phi) is 4.85. The van der Waals surface area contributed by atoms with Gasteiger partial charge in [-0.1, -0.05) is 30.3 Å². The molecule has 0 aromatic heterocycles. The zero-order valence-corrected chi connectivity index (χ0v) is 12.9. The summed E-state index contributed by atoms with van der Waals surface area (Å²) in [5.74, 6) is 0.